The Morgan fingerprint density at radius 3 is 1.29 bits per heavy atom. The van der Waals surface area contributed by atoms with Gasteiger partial charge in [0.2, 0.25) is 0 Å². The minimum absolute atomic E-state index is 0. The van der Waals surface area contributed by atoms with Crippen LogP contribution in [0.25, 0.3) is 12.2 Å². The van der Waals surface area contributed by atoms with E-state index in [0.29, 0.717) is 11.1 Å². The second-order valence-corrected chi connectivity index (χ2v) is 13.7. The van der Waals surface area contributed by atoms with Gasteiger partial charge in [0, 0.05) is 26.2 Å². The minimum Gasteiger partial charge on any atom is -0.248 e. The van der Waals surface area contributed by atoms with Crippen molar-refractivity contribution in [3.63, 3.8) is 0 Å². The largest absolute Gasteiger partial charge is 0.523 e. The summed E-state index contributed by atoms with van der Waals surface area (Å²) in [5, 5.41) is 0.139. The molecule has 0 heterocycles. The Kier molecular flexibility index (Phi) is 7.99. The number of alkyl halides is 6. The smallest absolute Gasteiger partial charge is 0.248 e. The number of fused-ring (bicyclic) bond motifs is 2. The maximum Gasteiger partial charge on any atom is 0.523 e. The summed E-state index contributed by atoms with van der Waals surface area (Å²) >= 11 is 0. The summed E-state index contributed by atoms with van der Waals surface area (Å²) in [6.07, 6.45) is 2.83. The van der Waals surface area contributed by atoms with Crippen molar-refractivity contribution in [1.82, 2.24) is 0 Å². The minimum atomic E-state index is -6.09. The third-order valence-corrected chi connectivity index (χ3v) is 11.1. The summed E-state index contributed by atoms with van der Waals surface area (Å²) in [7, 11) is -14.4. The SMILES string of the molecule is CC1(OS(=O)(=O)C(F)(F)F)C([SiH2]C2=Cc3ccccc3C2(C)OS(=O)(=O)C(F)(F)F)=Cc2ccccc21.[Zr]. The van der Waals surface area contributed by atoms with E-state index in [1.54, 1.807) is 12.1 Å². The fourth-order valence-corrected chi connectivity index (χ4v) is 8.41. The van der Waals surface area contributed by atoms with Crippen LogP contribution in [0, 0.1) is 0 Å². The first-order chi connectivity index (χ1) is 16.8. The van der Waals surface area contributed by atoms with Gasteiger partial charge in [0.15, 0.2) is 0 Å². The van der Waals surface area contributed by atoms with Gasteiger partial charge < -0.3 is 0 Å². The van der Waals surface area contributed by atoms with Gasteiger partial charge in [-0.25, -0.2) is 8.37 Å². The standard InChI is InChI=1S/C22H18F6O6S2Si.Zr/c1-19(33-35(29,30)21(23,24)25)15-9-5-3-7-13(15)11-17(19)37-18-12-14-8-4-6-10-16(14)20(18,2)34-36(31,32)22(26,27)28;/h3-12H,37H2,1-2H3;. The van der Waals surface area contributed by atoms with Crippen molar-refractivity contribution in [2.75, 3.05) is 0 Å². The molecule has 0 radical (unpaired) electrons. The van der Waals surface area contributed by atoms with Gasteiger partial charge >= 0.3 is 31.3 Å². The maximum absolute atomic E-state index is 13.2. The molecule has 204 valence electrons. The van der Waals surface area contributed by atoms with Gasteiger partial charge in [-0.1, -0.05) is 60.7 Å². The van der Waals surface area contributed by atoms with Crippen molar-refractivity contribution in [3.05, 3.63) is 81.2 Å². The van der Waals surface area contributed by atoms with Gasteiger partial charge in [-0.05, 0) is 46.5 Å². The summed E-state index contributed by atoms with van der Waals surface area (Å²) in [6, 6.07) is 11.8. The second-order valence-electron chi connectivity index (χ2n) is 8.72. The first kappa shape index (κ1) is 31.0. The van der Waals surface area contributed by atoms with E-state index in [2.05, 4.69) is 0 Å². The molecule has 0 amide bonds. The van der Waals surface area contributed by atoms with Crippen LogP contribution < -0.4 is 0 Å². The summed E-state index contributed by atoms with van der Waals surface area (Å²) < 4.78 is 137. The zero-order chi connectivity index (χ0) is 27.7. The number of hydrogen-bond acceptors (Lipinski definition) is 6. The van der Waals surface area contributed by atoms with E-state index in [1.807, 2.05) is 0 Å². The zero-order valence-corrected chi connectivity index (χ0v) is 25.0. The molecule has 0 spiro atoms. The summed E-state index contributed by atoms with van der Waals surface area (Å²) in [4.78, 5) is 0. The van der Waals surface area contributed by atoms with Gasteiger partial charge in [-0.3, -0.25) is 0 Å². The van der Waals surface area contributed by atoms with E-state index >= 15 is 0 Å². The van der Waals surface area contributed by atoms with E-state index < -0.39 is 52.0 Å². The van der Waals surface area contributed by atoms with E-state index in [0.717, 1.165) is 13.8 Å². The van der Waals surface area contributed by atoms with Crippen molar-refractivity contribution in [2.24, 2.45) is 0 Å². The number of benzene rings is 2. The van der Waals surface area contributed by atoms with Crippen LogP contribution in [-0.2, 0) is 66.0 Å². The molecular weight excluding hydrogens is 658 g/mol. The molecule has 6 nitrogen and oxygen atoms in total. The first-order valence-electron chi connectivity index (χ1n) is 10.5. The summed E-state index contributed by atoms with van der Waals surface area (Å²) in [5.74, 6) is 0. The molecule has 0 bridgehead atoms. The predicted molar refractivity (Wildman–Crippen MR) is 124 cm³/mol. The summed E-state index contributed by atoms with van der Waals surface area (Å²) in [5.41, 5.74) is -14.8. The molecule has 2 aromatic rings. The van der Waals surface area contributed by atoms with Crippen LogP contribution in [0.4, 0.5) is 26.3 Å². The number of rotatable bonds is 6. The summed E-state index contributed by atoms with van der Waals surface area (Å²) in [6.45, 7) is 2.24. The Morgan fingerprint density at radius 1 is 0.658 bits per heavy atom. The Morgan fingerprint density at radius 2 is 0.974 bits per heavy atom. The van der Waals surface area contributed by atoms with E-state index in [1.165, 1.54) is 48.6 Å². The topological polar surface area (TPSA) is 86.7 Å². The van der Waals surface area contributed by atoms with E-state index in [-0.39, 0.29) is 47.7 Å². The average molecular weight is 676 g/mol. The van der Waals surface area contributed by atoms with Crippen molar-refractivity contribution < 1.29 is 77.7 Å². The molecule has 2 atom stereocenters. The van der Waals surface area contributed by atoms with Crippen LogP contribution in [0.2, 0.25) is 0 Å². The number of hydrogen-bond donors (Lipinski definition) is 0. The molecule has 2 aliphatic rings. The van der Waals surface area contributed by atoms with Gasteiger partial charge in [0.25, 0.3) is 0 Å². The van der Waals surface area contributed by atoms with Gasteiger partial charge in [-0.2, -0.15) is 43.2 Å². The molecule has 0 aliphatic heterocycles. The average Bonchev–Trinajstić information content (AvgIpc) is 3.17. The molecule has 2 unspecified atom stereocenters. The van der Waals surface area contributed by atoms with Crippen molar-refractivity contribution in [1.29, 1.82) is 0 Å². The fraction of sp³-hybridized carbons (Fsp3) is 0.273. The maximum atomic E-state index is 13.2. The normalized spacial score (nSPS) is 23.6. The molecule has 4 rings (SSSR count). The van der Waals surface area contributed by atoms with Crippen LogP contribution in [0.3, 0.4) is 0 Å². The molecule has 38 heavy (non-hydrogen) atoms. The third kappa shape index (κ3) is 5.15. The Bertz CT molecular complexity index is 1440. The van der Waals surface area contributed by atoms with Crippen LogP contribution in [0.15, 0.2) is 58.9 Å². The Labute approximate surface area is 235 Å². The third-order valence-electron chi connectivity index (χ3n) is 6.34. The van der Waals surface area contributed by atoms with E-state index in [4.69, 9.17) is 8.37 Å². The van der Waals surface area contributed by atoms with Crippen molar-refractivity contribution in [3.8, 4) is 0 Å². The van der Waals surface area contributed by atoms with Crippen LogP contribution in [-0.4, -0.2) is 37.4 Å². The van der Waals surface area contributed by atoms with E-state index in [9.17, 15) is 43.2 Å². The fourth-order valence-electron chi connectivity index (χ4n) is 4.49. The molecule has 16 heteroatoms. The molecule has 0 saturated heterocycles. The molecule has 0 saturated carbocycles. The Hall–Kier alpha value is -1.58. The molecule has 0 aromatic heterocycles. The molecule has 0 N–H and O–H groups in total. The number of halogens is 6. The molecular formula is C22H18F6O6S2SiZr. The van der Waals surface area contributed by atoms with Gasteiger partial charge in [0.1, 0.15) is 11.2 Å². The molecule has 2 aliphatic carbocycles. The zero-order valence-electron chi connectivity index (χ0n) is 19.5. The first-order valence-corrected chi connectivity index (χ1v) is 14.7. The Balaban J connectivity index is 0.00000400. The molecule has 2 aromatic carbocycles. The predicted octanol–water partition coefficient (Wildman–Crippen LogP) is 4.42. The van der Waals surface area contributed by atoms with Gasteiger partial charge in [-0.15, -0.1) is 0 Å². The quantitative estimate of drug-likeness (QED) is 0.195. The molecule has 0 fully saturated rings. The van der Waals surface area contributed by atoms with Crippen LogP contribution in [0.5, 0.6) is 0 Å². The van der Waals surface area contributed by atoms with Crippen molar-refractivity contribution >= 4 is 41.9 Å². The van der Waals surface area contributed by atoms with Gasteiger partial charge in [0.05, 0.1) is 9.52 Å². The van der Waals surface area contributed by atoms with Crippen LogP contribution in [0.1, 0.15) is 36.1 Å². The second kappa shape index (κ2) is 9.81. The monoisotopic (exact) mass is 674 g/mol. The van der Waals surface area contributed by atoms with Crippen LogP contribution >= 0.6 is 0 Å². The van der Waals surface area contributed by atoms with Crippen molar-refractivity contribution in [2.45, 2.75) is 36.1 Å².